The Morgan fingerprint density at radius 3 is 0.738 bits per heavy atom. The van der Waals surface area contributed by atoms with Crippen molar-refractivity contribution in [3.8, 4) is 55.9 Å². The summed E-state index contributed by atoms with van der Waals surface area (Å²) in [6, 6.07) is 72.2. The Balaban J connectivity index is 0.985. The zero-order chi connectivity index (χ0) is 58.5. The van der Waals surface area contributed by atoms with Crippen LogP contribution in [0.5, 0.6) is 0 Å². The van der Waals surface area contributed by atoms with Gasteiger partial charge >= 0.3 is 0 Å². The predicted octanol–water partition coefficient (Wildman–Crippen LogP) is 23.8. The van der Waals surface area contributed by atoms with Crippen LogP contribution in [-0.4, -0.2) is 9.13 Å². The minimum absolute atomic E-state index is 0.0382. The van der Waals surface area contributed by atoms with Crippen molar-refractivity contribution < 1.29 is 0 Å². The Morgan fingerprint density at radius 1 is 0.262 bits per heavy atom. The lowest BCUT2D eigenvalue weighted by atomic mass is 9.82. The number of aromatic nitrogens is 2. The normalized spacial score (nSPS) is 15.3. The molecule has 0 unspecified atom stereocenters. The zero-order valence-electron chi connectivity index (χ0n) is 52.4. The quantitative estimate of drug-likeness (QED) is 0.144. The standard InChI is InChI=1S/C82H88N2/c1-79(2,3)61-35-43-75-71(47-61)72-48-62(80(4,5)6)36-44-76(72)83(75)65-39-31-59(32-40-65)69-51-68(58-29-25-56(26-30-58)54-21-17-14-18-22-54)70(52-67(69)57-27-23-55(24-28-57)53-19-15-13-16-20-53)60-33-41-66(42-34-60)84-77-45-37-63(81(7,8)9)49-73(77)74-50-64(82(10,11)12)38-46-78(74)84/h23-54H,13-22H2,1-12H3. The fourth-order valence-electron chi connectivity index (χ4n) is 14.3. The highest BCUT2D eigenvalue weighted by atomic mass is 15.0. The largest absolute Gasteiger partial charge is 0.309 e. The number of hydrogen-bond acceptors (Lipinski definition) is 0. The van der Waals surface area contributed by atoms with Crippen LogP contribution in [0.4, 0.5) is 0 Å². The fourth-order valence-corrected chi connectivity index (χ4v) is 14.3. The highest BCUT2D eigenvalue weighted by Crippen LogP contribution is 2.46. The highest BCUT2D eigenvalue weighted by molar-refractivity contribution is 6.11. The topological polar surface area (TPSA) is 9.86 Å². The molecule has 0 saturated heterocycles. The maximum Gasteiger partial charge on any atom is 0.0541 e. The first-order valence-electron chi connectivity index (χ1n) is 31.9. The summed E-state index contributed by atoms with van der Waals surface area (Å²) >= 11 is 0. The van der Waals surface area contributed by atoms with Crippen LogP contribution in [0.2, 0.25) is 0 Å². The smallest absolute Gasteiger partial charge is 0.0541 e. The van der Waals surface area contributed by atoms with Gasteiger partial charge in [-0.2, -0.15) is 0 Å². The molecule has 13 rings (SSSR count). The zero-order valence-corrected chi connectivity index (χ0v) is 52.4. The Morgan fingerprint density at radius 2 is 0.500 bits per heavy atom. The molecule has 9 aromatic carbocycles. The molecule has 2 nitrogen and oxygen atoms in total. The lowest BCUT2D eigenvalue weighted by molar-refractivity contribution is 0.443. The predicted molar refractivity (Wildman–Crippen MR) is 363 cm³/mol. The first-order valence-corrected chi connectivity index (χ1v) is 31.9. The lowest BCUT2D eigenvalue weighted by Gasteiger charge is -2.23. The summed E-state index contributed by atoms with van der Waals surface area (Å²) < 4.78 is 4.99. The molecule has 2 heteroatoms. The third-order valence-corrected chi connectivity index (χ3v) is 19.6. The second-order valence-electron chi connectivity index (χ2n) is 29.5. The van der Waals surface area contributed by atoms with E-state index < -0.39 is 0 Å². The number of hydrogen-bond donors (Lipinski definition) is 0. The van der Waals surface area contributed by atoms with E-state index in [1.807, 2.05) is 0 Å². The van der Waals surface area contributed by atoms with Gasteiger partial charge in [0.25, 0.3) is 0 Å². The van der Waals surface area contributed by atoms with E-state index in [2.05, 4.69) is 274 Å². The molecule has 2 aliphatic carbocycles. The van der Waals surface area contributed by atoms with Gasteiger partial charge in [0.2, 0.25) is 0 Å². The Kier molecular flexibility index (Phi) is 14.1. The van der Waals surface area contributed by atoms with Crippen molar-refractivity contribution in [1.29, 1.82) is 0 Å². The van der Waals surface area contributed by atoms with Crippen LogP contribution in [-0.2, 0) is 21.7 Å². The van der Waals surface area contributed by atoms with Gasteiger partial charge in [-0.25, -0.2) is 0 Å². The van der Waals surface area contributed by atoms with Crippen LogP contribution in [0, 0.1) is 0 Å². The van der Waals surface area contributed by atoms with Gasteiger partial charge in [-0.05, 0) is 222 Å². The molecule has 2 fully saturated rings. The molecule has 0 aliphatic heterocycles. The third-order valence-electron chi connectivity index (χ3n) is 19.6. The van der Waals surface area contributed by atoms with E-state index in [9.17, 15) is 0 Å². The molecule has 0 N–H and O–H groups in total. The maximum absolute atomic E-state index is 2.54. The van der Waals surface area contributed by atoms with E-state index in [1.165, 1.54) is 197 Å². The lowest BCUT2D eigenvalue weighted by Crippen LogP contribution is -2.10. The van der Waals surface area contributed by atoms with Gasteiger partial charge in [0, 0.05) is 32.9 Å². The van der Waals surface area contributed by atoms with E-state index in [0.29, 0.717) is 11.8 Å². The molecule has 2 saturated carbocycles. The molecule has 84 heavy (non-hydrogen) atoms. The SMILES string of the molecule is CC(C)(C)c1ccc2c(c1)c1cc(C(C)(C)C)ccc1n2-c1ccc(-c2cc(-c3ccc(C4CCCCC4)cc3)c(-c3ccc(-n4c5ccc(C(C)(C)C)cc5c5cc(C(C)(C)C)ccc54)cc3)cc2-c2ccc(C3CCCCC3)cc2)cc1. The fraction of sp³-hybridized carbons (Fsp3) is 0.341. The summed E-state index contributed by atoms with van der Waals surface area (Å²) in [4.78, 5) is 0. The average Bonchev–Trinajstić information content (AvgIpc) is 3.76. The monoisotopic (exact) mass is 1100 g/mol. The van der Waals surface area contributed by atoms with Crippen molar-refractivity contribution in [1.82, 2.24) is 9.13 Å². The summed E-state index contributed by atoms with van der Waals surface area (Å²) in [7, 11) is 0. The van der Waals surface area contributed by atoms with Gasteiger partial charge in [-0.3, -0.25) is 0 Å². The first-order chi connectivity index (χ1) is 40.2. The van der Waals surface area contributed by atoms with Crippen molar-refractivity contribution in [3.05, 3.63) is 215 Å². The van der Waals surface area contributed by atoms with Gasteiger partial charge in [0.05, 0.1) is 22.1 Å². The van der Waals surface area contributed by atoms with E-state index in [-0.39, 0.29) is 21.7 Å². The van der Waals surface area contributed by atoms with Gasteiger partial charge in [-0.1, -0.05) is 219 Å². The molecule has 0 atom stereocenters. The number of rotatable bonds is 8. The first kappa shape index (κ1) is 55.8. The molecule has 0 amide bonds. The summed E-state index contributed by atoms with van der Waals surface area (Å²) in [6.07, 6.45) is 13.2. The molecule has 2 heterocycles. The number of benzene rings is 9. The molecule has 2 aromatic heterocycles. The molecule has 2 aliphatic rings. The van der Waals surface area contributed by atoms with E-state index in [1.54, 1.807) is 0 Å². The van der Waals surface area contributed by atoms with Gasteiger partial charge in [0.1, 0.15) is 0 Å². The Bertz CT molecular complexity index is 3810. The second kappa shape index (κ2) is 21.3. The molecular formula is C82H88N2. The molecule has 0 spiro atoms. The highest BCUT2D eigenvalue weighted by Gasteiger charge is 2.26. The summed E-state index contributed by atoms with van der Waals surface area (Å²) in [6.45, 7) is 27.9. The van der Waals surface area contributed by atoms with Gasteiger partial charge in [-0.15, -0.1) is 0 Å². The minimum atomic E-state index is 0.0382. The molecule has 0 bridgehead atoms. The summed E-state index contributed by atoms with van der Waals surface area (Å²) in [5.41, 5.74) is 25.8. The van der Waals surface area contributed by atoms with E-state index in [0.717, 1.165) is 0 Å². The molecule has 426 valence electrons. The minimum Gasteiger partial charge on any atom is -0.309 e. The van der Waals surface area contributed by atoms with Crippen molar-refractivity contribution in [3.63, 3.8) is 0 Å². The Hall–Kier alpha value is -7.42. The van der Waals surface area contributed by atoms with Crippen molar-refractivity contribution in [2.75, 3.05) is 0 Å². The van der Waals surface area contributed by atoms with Crippen molar-refractivity contribution in [2.24, 2.45) is 0 Å². The average molecular weight is 1100 g/mol. The Labute approximate surface area is 502 Å². The third kappa shape index (κ3) is 10.4. The van der Waals surface area contributed by atoms with Crippen LogP contribution in [0.1, 0.15) is 193 Å². The van der Waals surface area contributed by atoms with Crippen LogP contribution in [0.25, 0.3) is 99.5 Å². The van der Waals surface area contributed by atoms with Gasteiger partial charge < -0.3 is 9.13 Å². The summed E-state index contributed by atoms with van der Waals surface area (Å²) in [5.74, 6) is 1.29. The number of fused-ring (bicyclic) bond motifs is 6. The second-order valence-corrected chi connectivity index (χ2v) is 29.5. The molecule has 11 aromatic rings. The van der Waals surface area contributed by atoms with E-state index in [4.69, 9.17) is 0 Å². The van der Waals surface area contributed by atoms with Crippen molar-refractivity contribution >= 4 is 43.6 Å². The van der Waals surface area contributed by atoms with E-state index >= 15 is 0 Å². The molecular weight excluding hydrogens is 1010 g/mol. The van der Waals surface area contributed by atoms with Crippen molar-refractivity contribution in [2.45, 2.75) is 181 Å². The number of nitrogens with zero attached hydrogens (tertiary/aromatic N) is 2. The van der Waals surface area contributed by atoms with Crippen LogP contribution < -0.4 is 0 Å². The maximum atomic E-state index is 2.54. The van der Waals surface area contributed by atoms with Crippen LogP contribution in [0.15, 0.2) is 182 Å². The summed E-state index contributed by atoms with van der Waals surface area (Å²) in [5, 5.41) is 5.25. The van der Waals surface area contributed by atoms with Crippen LogP contribution >= 0.6 is 0 Å². The van der Waals surface area contributed by atoms with Crippen LogP contribution in [0.3, 0.4) is 0 Å². The van der Waals surface area contributed by atoms with Gasteiger partial charge in [0.15, 0.2) is 0 Å². The molecule has 0 radical (unpaired) electrons.